The summed E-state index contributed by atoms with van der Waals surface area (Å²) >= 11 is 0. The van der Waals surface area contributed by atoms with Crippen molar-refractivity contribution < 1.29 is 43.5 Å². The number of hydrogen-bond acceptors (Lipinski definition) is 4. The molecule has 4 aromatic rings. The van der Waals surface area contributed by atoms with Crippen molar-refractivity contribution in [3.05, 3.63) is 114 Å². The van der Waals surface area contributed by atoms with E-state index in [1.807, 2.05) is 6.92 Å². The van der Waals surface area contributed by atoms with Crippen molar-refractivity contribution >= 4 is 20.4 Å². The van der Waals surface area contributed by atoms with Crippen molar-refractivity contribution in [3.63, 3.8) is 0 Å². The van der Waals surface area contributed by atoms with Gasteiger partial charge in [-0.1, -0.05) is 42.5 Å². The van der Waals surface area contributed by atoms with E-state index >= 15 is 0 Å². The van der Waals surface area contributed by atoms with E-state index in [9.17, 15) is 30.4 Å². The lowest BCUT2D eigenvalue weighted by Crippen LogP contribution is -2.22. The molecule has 0 unspecified atom stereocenters. The quantitative estimate of drug-likeness (QED) is 0.0448. The maximum absolute atomic E-state index is 14.8. The highest BCUT2D eigenvalue weighted by Gasteiger charge is 2.47. The minimum Gasteiger partial charge on any atom is -0.491 e. The highest BCUT2D eigenvalue weighted by Crippen LogP contribution is 2.69. The van der Waals surface area contributed by atoms with Gasteiger partial charge >= 0.3 is 10.1 Å². The molecule has 0 aliphatic carbocycles. The van der Waals surface area contributed by atoms with E-state index in [-0.39, 0.29) is 18.1 Å². The van der Waals surface area contributed by atoms with Crippen molar-refractivity contribution in [1.29, 1.82) is 0 Å². The van der Waals surface area contributed by atoms with E-state index in [4.69, 9.17) is 9.47 Å². The Balaban J connectivity index is 1.98. The van der Waals surface area contributed by atoms with Gasteiger partial charge in [0.25, 0.3) is 0 Å². The Morgan fingerprint density at radius 3 is 1.68 bits per heavy atom. The molecule has 0 aliphatic rings. The summed E-state index contributed by atoms with van der Waals surface area (Å²) < 4.78 is 114. The molecule has 12 heteroatoms. The topological polar surface area (TPSA) is 65.4 Å². The first-order valence-corrected chi connectivity index (χ1v) is 14.9. The van der Waals surface area contributed by atoms with Gasteiger partial charge in [0.15, 0.2) is 23.3 Å². The molecule has 0 bridgehead atoms. The lowest BCUT2D eigenvalue weighted by Gasteiger charge is -2.35. The van der Waals surface area contributed by atoms with Crippen molar-refractivity contribution in [2.24, 2.45) is 0 Å². The third-order valence-corrected chi connectivity index (χ3v) is 11.1. The number of benzene rings is 4. The predicted molar refractivity (Wildman–Crippen MR) is 140 cm³/mol. The third kappa shape index (κ3) is 5.71. The fraction of sp³-hybridized carbons (Fsp3) is 0.143. The molecule has 4 rings (SSSR count). The summed E-state index contributed by atoms with van der Waals surface area (Å²) in [5.74, 6) is -11.9. The van der Waals surface area contributed by atoms with Crippen LogP contribution in [0.3, 0.4) is 0 Å². The second kappa shape index (κ2) is 12.4. The van der Waals surface area contributed by atoms with Crippen LogP contribution < -0.4 is 4.74 Å². The summed E-state index contributed by atoms with van der Waals surface area (Å²) in [6.45, 7) is 2.77. The lowest BCUT2D eigenvalue weighted by atomic mass is 10.3. The maximum Gasteiger partial charge on any atom is 0.428 e. The summed E-state index contributed by atoms with van der Waals surface area (Å²) in [6, 6.07) is 22.4. The Hall–Kier alpha value is -3.45. The van der Waals surface area contributed by atoms with Crippen molar-refractivity contribution in [2.45, 2.75) is 26.5 Å². The SMILES string of the molecule is CCOCCOc1cccc(S([OH+]S(=O)(=O)c2c(F)c(F)c(F)c(F)c2F)(c2ccccc2)c2ccccc2)c1. The number of halogens is 5. The van der Waals surface area contributed by atoms with Crippen LogP contribution in [0.1, 0.15) is 6.92 Å². The highest BCUT2D eigenvalue weighted by atomic mass is 32.3. The molecule has 0 spiro atoms. The Morgan fingerprint density at radius 2 is 1.15 bits per heavy atom. The molecule has 40 heavy (non-hydrogen) atoms. The molecule has 0 amide bonds. The van der Waals surface area contributed by atoms with E-state index in [1.165, 1.54) is 6.07 Å². The molecule has 0 saturated heterocycles. The van der Waals surface area contributed by atoms with Crippen LogP contribution in [-0.2, 0) is 14.9 Å². The minimum atomic E-state index is -5.52. The Morgan fingerprint density at radius 1 is 0.650 bits per heavy atom. The molecule has 1 N–H and O–H groups in total. The largest absolute Gasteiger partial charge is 0.491 e. The zero-order valence-corrected chi connectivity index (χ0v) is 22.6. The van der Waals surface area contributed by atoms with E-state index in [1.54, 1.807) is 78.9 Å². The molecule has 0 aliphatic heterocycles. The first kappa shape index (κ1) is 29.5. The molecular formula is C28H24F5O5S2+. The molecule has 0 radical (unpaired) electrons. The summed E-state index contributed by atoms with van der Waals surface area (Å²) in [5.41, 5.74) is 0. The van der Waals surface area contributed by atoms with Gasteiger partial charge < -0.3 is 9.47 Å². The number of ether oxygens (including phenoxy) is 2. The first-order chi connectivity index (χ1) is 19.1. The van der Waals surface area contributed by atoms with Gasteiger partial charge in [-0.25, -0.2) is 22.0 Å². The van der Waals surface area contributed by atoms with Crippen LogP contribution in [0.2, 0.25) is 0 Å². The van der Waals surface area contributed by atoms with Gasteiger partial charge in [0.2, 0.25) is 10.7 Å². The van der Waals surface area contributed by atoms with Gasteiger partial charge in [0.1, 0.15) is 12.4 Å². The molecule has 4 aromatic carbocycles. The maximum atomic E-state index is 14.8. The fourth-order valence-electron chi connectivity index (χ4n) is 3.88. The van der Waals surface area contributed by atoms with Crippen molar-refractivity contribution in [1.82, 2.24) is 0 Å². The Labute approximate surface area is 229 Å². The normalized spacial score (nSPS) is 12.3. The summed E-state index contributed by atoms with van der Waals surface area (Å²) in [5, 5.41) is 0. The second-order valence-electron chi connectivity index (χ2n) is 8.18. The van der Waals surface area contributed by atoms with Crippen molar-refractivity contribution in [2.75, 3.05) is 19.8 Å². The standard InChI is InChI=1S/C28H23F5O5S2/c1-2-36-16-17-37-19-10-9-15-22(18-19)39(20-11-5-3-6-12-20,21-13-7-4-8-14-21)38-40(34,35)28-26(32)24(30)23(29)25(31)27(28)33/h3-15,18H,2,16-17H2,1H3/p+1. The zero-order chi connectivity index (χ0) is 28.9. The molecule has 212 valence electrons. The Kier molecular flexibility index (Phi) is 9.14. The summed E-state index contributed by atoms with van der Waals surface area (Å²) in [6.07, 6.45) is 0. The van der Waals surface area contributed by atoms with Crippen LogP contribution >= 0.6 is 10.3 Å². The second-order valence-corrected chi connectivity index (χ2v) is 12.7. The predicted octanol–water partition coefficient (Wildman–Crippen LogP) is 7.48. The summed E-state index contributed by atoms with van der Waals surface area (Å²) in [7, 11) is -8.83. The van der Waals surface area contributed by atoms with Crippen LogP contribution in [0, 0.1) is 29.1 Å². The molecule has 0 aromatic heterocycles. The first-order valence-electron chi connectivity index (χ1n) is 11.9. The molecule has 0 heterocycles. The van der Waals surface area contributed by atoms with Crippen LogP contribution in [0.4, 0.5) is 22.0 Å². The smallest absolute Gasteiger partial charge is 0.428 e. The number of rotatable bonds is 11. The van der Waals surface area contributed by atoms with Gasteiger partial charge in [0.05, 0.1) is 31.6 Å². The Bertz CT molecular complexity index is 1520. The van der Waals surface area contributed by atoms with Gasteiger partial charge in [0, 0.05) is 6.61 Å². The van der Waals surface area contributed by atoms with Gasteiger partial charge in [-0.15, -0.1) is 8.42 Å². The van der Waals surface area contributed by atoms with Crippen LogP contribution in [0.25, 0.3) is 0 Å². The van der Waals surface area contributed by atoms with E-state index in [2.05, 4.69) is 3.63 Å². The van der Waals surface area contributed by atoms with Crippen LogP contribution in [0.5, 0.6) is 5.75 Å². The van der Waals surface area contributed by atoms with Crippen LogP contribution in [-0.4, -0.2) is 31.9 Å². The summed E-state index contributed by atoms with van der Waals surface area (Å²) in [4.78, 5) is -1.12. The average molecular weight is 600 g/mol. The molecule has 5 nitrogen and oxygen atoms in total. The fourth-order valence-corrected chi connectivity index (χ4v) is 9.50. The molecule has 0 fully saturated rings. The van der Waals surface area contributed by atoms with Gasteiger partial charge in [-0.2, -0.15) is 0 Å². The molecular weight excluding hydrogens is 575 g/mol. The van der Waals surface area contributed by atoms with Gasteiger partial charge in [-0.05, 0) is 49.4 Å². The minimum absolute atomic E-state index is 0.177. The number of hydrogen-bond donors (Lipinski definition) is 0. The molecule has 0 atom stereocenters. The third-order valence-electron chi connectivity index (χ3n) is 5.65. The van der Waals surface area contributed by atoms with Crippen molar-refractivity contribution in [3.8, 4) is 5.75 Å². The molecule has 0 saturated carbocycles. The lowest BCUT2D eigenvalue weighted by molar-refractivity contribution is 0.110. The van der Waals surface area contributed by atoms with Gasteiger partial charge in [-0.3, -0.25) is 3.63 Å². The van der Waals surface area contributed by atoms with Crippen LogP contribution in [0.15, 0.2) is 105 Å². The average Bonchev–Trinajstić information content (AvgIpc) is 2.97. The van der Waals surface area contributed by atoms with E-state index in [0.29, 0.717) is 22.1 Å². The van der Waals surface area contributed by atoms with E-state index < -0.39 is 54.4 Å². The highest BCUT2D eigenvalue weighted by molar-refractivity contribution is 8.32. The monoisotopic (exact) mass is 599 g/mol. The zero-order valence-electron chi connectivity index (χ0n) is 21.0. The van der Waals surface area contributed by atoms with E-state index in [0.717, 1.165) is 0 Å².